The Bertz CT molecular complexity index is 533. The summed E-state index contributed by atoms with van der Waals surface area (Å²) in [6.07, 6.45) is 0. The van der Waals surface area contributed by atoms with Crippen molar-refractivity contribution in [1.82, 2.24) is 9.78 Å². The van der Waals surface area contributed by atoms with Crippen molar-refractivity contribution >= 4 is 0 Å². The molecule has 0 bridgehead atoms. The molecule has 0 spiro atoms. The summed E-state index contributed by atoms with van der Waals surface area (Å²) in [5, 5.41) is 4.63. The van der Waals surface area contributed by atoms with Gasteiger partial charge in [0, 0.05) is 12.2 Å². The Labute approximate surface area is 109 Å². The van der Waals surface area contributed by atoms with E-state index in [1.54, 1.807) is 0 Å². The van der Waals surface area contributed by atoms with E-state index >= 15 is 0 Å². The van der Waals surface area contributed by atoms with Gasteiger partial charge in [-0.15, -0.1) is 0 Å². The van der Waals surface area contributed by atoms with Crippen LogP contribution in [0.25, 0.3) is 5.69 Å². The number of hydrogen-bond donors (Lipinski definition) is 1. The second-order valence-electron chi connectivity index (χ2n) is 5.07. The first-order valence-electron chi connectivity index (χ1n) is 6.40. The van der Waals surface area contributed by atoms with Gasteiger partial charge >= 0.3 is 0 Å². The van der Waals surface area contributed by atoms with Gasteiger partial charge in [0.05, 0.1) is 11.4 Å². The second-order valence-corrected chi connectivity index (χ2v) is 5.07. The van der Waals surface area contributed by atoms with E-state index in [9.17, 15) is 0 Å². The van der Waals surface area contributed by atoms with E-state index in [0.29, 0.717) is 12.5 Å². The molecule has 0 fully saturated rings. The molecular weight excluding hydrogens is 222 g/mol. The van der Waals surface area contributed by atoms with E-state index in [0.717, 1.165) is 5.69 Å². The van der Waals surface area contributed by atoms with Crippen molar-refractivity contribution in [2.75, 3.05) is 0 Å². The van der Waals surface area contributed by atoms with Crippen LogP contribution >= 0.6 is 0 Å². The summed E-state index contributed by atoms with van der Waals surface area (Å²) in [5.74, 6) is 0.428. The third-order valence-corrected chi connectivity index (χ3v) is 3.24. The van der Waals surface area contributed by atoms with Gasteiger partial charge < -0.3 is 5.73 Å². The normalized spacial score (nSPS) is 11.2. The topological polar surface area (TPSA) is 43.8 Å². The highest BCUT2D eigenvalue weighted by molar-refractivity contribution is 5.47. The second kappa shape index (κ2) is 4.94. The van der Waals surface area contributed by atoms with Crippen LogP contribution in [0.1, 0.15) is 42.3 Å². The summed E-state index contributed by atoms with van der Waals surface area (Å²) in [4.78, 5) is 0. The molecule has 1 aromatic carbocycles. The summed E-state index contributed by atoms with van der Waals surface area (Å²) in [6.45, 7) is 9.09. The molecule has 3 nitrogen and oxygen atoms in total. The van der Waals surface area contributed by atoms with E-state index in [4.69, 9.17) is 5.73 Å². The predicted molar refractivity (Wildman–Crippen MR) is 75.0 cm³/mol. The summed E-state index contributed by atoms with van der Waals surface area (Å²) < 4.78 is 2.05. The lowest BCUT2D eigenvalue weighted by Gasteiger charge is -2.14. The van der Waals surface area contributed by atoms with E-state index in [1.165, 1.54) is 22.5 Å². The number of benzene rings is 1. The van der Waals surface area contributed by atoms with Crippen molar-refractivity contribution in [2.24, 2.45) is 5.73 Å². The van der Waals surface area contributed by atoms with E-state index in [2.05, 4.69) is 61.7 Å². The number of hydrogen-bond acceptors (Lipinski definition) is 2. The minimum absolute atomic E-state index is 0.428. The molecule has 2 aromatic rings. The first kappa shape index (κ1) is 12.8. The van der Waals surface area contributed by atoms with Crippen LogP contribution in [0.3, 0.4) is 0 Å². The molecule has 2 rings (SSSR count). The predicted octanol–water partition coefficient (Wildman–Crippen LogP) is 3.07. The number of aromatic nitrogens is 2. The molecule has 0 saturated heterocycles. The summed E-state index contributed by atoms with van der Waals surface area (Å²) in [6, 6.07) is 8.43. The molecule has 0 atom stereocenters. The molecule has 1 heterocycles. The van der Waals surface area contributed by atoms with E-state index in [-0.39, 0.29) is 0 Å². The van der Waals surface area contributed by atoms with Crippen molar-refractivity contribution in [1.29, 1.82) is 0 Å². The molecule has 18 heavy (non-hydrogen) atoms. The van der Waals surface area contributed by atoms with Crippen LogP contribution in [0.5, 0.6) is 0 Å². The third-order valence-electron chi connectivity index (χ3n) is 3.24. The Balaban J connectivity index is 2.66. The lowest BCUT2D eigenvalue weighted by Crippen LogP contribution is -2.08. The maximum atomic E-state index is 5.71. The summed E-state index contributed by atoms with van der Waals surface area (Å²) in [5.41, 5.74) is 11.5. The van der Waals surface area contributed by atoms with Crippen LogP contribution in [-0.4, -0.2) is 9.78 Å². The molecular formula is C15H21N3. The number of para-hydroxylation sites is 1. The number of aryl methyl sites for hydroxylation is 2. The zero-order valence-corrected chi connectivity index (χ0v) is 11.6. The van der Waals surface area contributed by atoms with Gasteiger partial charge in [0.25, 0.3) is 0 Å². The lowest BCUT2D eigenvalue weighted by molar-refractivity contribution is 0.721. The highest BCUT2D eigenvalue weighted by Crippen LogP contribution is 2.24. The fourth-order valence-corrected chi connectivity index (χ4v) is 2.28. The van der Waals surface area contributed by atoms with Crippen molar-refractivity contribution in [3.63, 3.8) is 0 Å². The molecule has 0 unspecified atom stereocenters. The maximum absolute atomic E-state index is 5.71. The van der Waals surface area contributed by atoms with Crippen molar-refractivity contribution in [3.05, 3.63) is 46.8 Å². The van der Waals surface area contributed by atoms with Gasteiger partial charge in [-0.05, 0) is 37.0 Å². The Morgan fingerprint density at radius 2 is 1.83 bits per heavy atom. The first-order chi connectivity index (χ1) is 8.54. The first-order valence-corrected chi connectivity index (χ1v) is 6.40. The van der Waals surface area contributed by atoms with Gasteiger partial charge in [0.1, 0.15) is 0 Å². The van der Waals surface area contributed by atoms with Gasteiger partial charge in [-0.25, -0.2) is 4.68 Å². The third kappa shape index (κ3) is 2.18. The zero-order valence-electron chi connectivity index (χ0n) is 11.6. The minimum Gasteiger partial charge on any atom is -0.325 e. The van der Waals surface area contributed by atoms with Gasteiger partial charge in [-0.1, -0.05) is 32.0 Å². The van der Waals surface area contributed by atoms with Gasteiger partial charge in [0.2, 0.25) is 0 Å². The Hall–Kier alpha value is -1.61. The molecule has 0 aliphatic carbocycles. The molecule has 0 aliphatic heterocycles. The largest absolute Gasteiger partial charge is 0.325 e. The minimum atomic E-state index is 0.428. The number of nitrogens with two attached hydrogens (primary N) is 1. The molecule has 0 amide bonds. The van der Waals surface area contributed by atoms with Crippen molar-refractivity contribution in [2.45, 2.75) is 40.2 Å². The van der Waals surface area contributed by atoms with Gasteiger partial charge in [-0.3, -0.25) is 0 Å². The Morgan fingerprint density at radius 1 is 1.22 bits per heavy atom. The quantitative estimate of drug-likeness (QED) is 0.900. The molecule has 96 valence electrons. The highest BCUT2D eigenvalue weighted by atomic mass is 15.3. The van der Waals surface area contributed by atoms with Crippen LogP contribution in [0.2, 0.25) is 0 Å². The molecule has 1 aromatic heterocycles. The van der Waals surface area contributed by atoms with Crippen molar-refractivity contribution in [3.8, 4) is 5.69 Å². The Kier molecular flexibility index (Phi) is 3.53. The van der Waals surface area contributed by atoms with E-state index in [1.807, 2.05) is 0 Å². The Morgan fingerprint density at radius 3 is 2.33 bits per heavy atom. The molecule has 0 saturated carbocycles. The monoisotopic (exact) mass is 243 g/mol. The van der Waals surface area contributed by atoms with Gasteiger partial charge in [-0.2, -0.15) is 5.10 Å². The highest BCUT2D eigenvalue weighted by Gasteiger charge is 2.14. The lowest BCUT2D eigenvalue weighted by atomic mass is 10.1. The maximum Gasteiger partial charge on any atom is 0.0767 e. The van der Waals surface area contributed by atoms with Crippen LogP contribution in [0.15, 0.2) is 24.3 Å². The summed E-state index contributed by atoms with van der Waals surface area (Å²) >= 11 is 0. The van der Waals surface area contributed by atoms with Crippen LogP contribution in [-0.2, 0) is 6.54 Å². The average molecular weight is 243 g/mol. The fourth-order valence-electron chi connectivity index (χ4n) is 2.28. The smallest absolute Gasteiger partial charge is 0.0767 e. The standard InChI is InChI=1S/C15H21N3/c1-10(2)14-8-13(9-16)17-18(14)15-11(3)6-5-7-12(15)4/h5-8,10H,9,16H2,1-4H3. The molecule has 0 aliphatic rings. The SMILES string of the molecule is Cc1cccc(C)c1-n1nc(CN)cc1C(C)C. The van der Waals surface area contributed by atoms with E-state index < -0.39 is 0 Å². The fraction of sp³-hybridized carbons (Fsp3) is 0.400. The van der Waals surface area contributed by atoms with Crippen LogP contribution in [0, 0.1) is 13.8 Å². The van der Waals surface area contributed by atoms with Gasteiger partial charge in [0.15, 0.2) is 0 Å². The number of rotatable bonds is 3. The molecule has 2 N–H and O–H groups in total. The summed E-state index contributed by atoms with van der Waals surface area (Å²) in [7, 11) is 0. The van der Waals surface area contributed by atoms with Crippen molar-refractivity contribution < 1.29 is 0 Å². The average Bonchev–Trinajstić information content (AvgIpc) is 2.73. The number of nitrogens with zero attached hydrogens (tertiary/aromatic N) is 2. The molecule has 3 heteroatoms. The van der Waals surface area contributed by atoms with Crippen LogP contribution < -0.4 is 5.73 Å². The van der Waals surface area contributed by atoms with Crippen LogP contribution in [0.4, 0.5) is 0 Å². The molecule has 0 radical (unpaired) electrons. The zero-order chi connectivity index (χ0) is 13.3.